The molecule has 1 amide bonds. The normalized spacial score (nSPS) is 16.0. The van der Waals surface area contributed by atoms with E-state index in [-0.39, 0.29) is 11.9 Å². The number of rotatable bonds is 4. The van der Waals surface area contributed by atoms with Crippen LogP contribution in [-0.2, 0) is 14.9 Å². The third-order valence-electron chi connectivity index (χ3n) is 5.26. The second-order valence-electron chi connectivity index (χ2n) is 6.75. The van der Waals surface area contributed by atoms with Gasteiger partial charge in [0.2, 0.25) is 0 Å². The Morgan fingerprint density at radius 2 is 1.82 bits per heavy atom. The number of thiazole rings is 1. The predicted molar refractivity (Wildman–Crippen MR) is 111 cm³/mol. The maximum atomic E-state index is 12.9. The SMILES string of the molecule is COC(=O)C1(c2ccccc2)CCN(C(=O)c2csc(-c3cccs3)n2)CC1. The molecule has 3 heterocycles. The summed E-state index contributed by atoms with van der Waals surface area (Å²) in [7, 11) is 1.42. The number of hydrogen-bond acceptors (Lipinski definition) is 6. The fourth-order valence-electron chi connectivity index (χ4n) is 3.70. The molecule has 0 bridgehead atoms. The van der Waals surface area contributed by atoms with E-state index in [4.69, 9.17) is 4.74 Å². The minimum atomic E-state index is -0.697. The van der Waals surface area contributed by atoms with Gasteiger partial charge in [-0.25, -0.2) is 4.98 Å². The Morgan fingerprint density at radius 3 is 2.46 bits per heavy atom. The Balaban J connectivity index is 1.51. The maximum Gasteiger partial charge on any atom is 0.316 e. The van der Waals surface area contributed by atoms with Gasteiger partial charge in [0.15, 0.2) is 0 Å². The van der Waals surface area contributed by atoms with Gasteiger partial charge in [-0.15, -0.1) is 22.7 Å². The standard InChI is InChI=1S/C21H20N2O3S2/c1-26-20(25)21(15-6-3-2-4-7-15)9-11-23(12-10-21)19(24)16-14-28-18(22-16)17-8-5-13-27-17/h2-8,13-14H,9-12H2,1H3. The van der Waals surface area contributed by atoms with Gasteiger partial charge in [0, 0.05) is 18.5 Å². The highest BCUT2D eigenvalue weighted by molar-refractivity contribution is 7.20. The van der Waals surface area contributed by atoms with Crippen LogP contribution in [0.2, 0.25) is 0 Å². The van der Waals surface area contributed by atoms with E-state index in [1.165, 1.54) is 18.4 Å². The summed E-state index contributed by atoms with van der Waals surface area (Å²) in [5, 5.41) is 4.68. The number of carbonyl (C=O) groups excluding carboxylic acids is 2. The highest BCUT2D eigenvalue weighted by Gasteiger charge is 2.44. The first kappa shape index (κ1) is 18.8. The first-order chi connectivity index (χ1) is 13.6. The zero-order chi connectivity index (χ0) is 19.6. The molecule has 3 aromatic rings. The van der Waals surface area contributed by atoms with Crippen molar-refractivity contribution in [2.75, 3.05) is 20.2 Å². The van der Waals surface area contributed by atoms with Crippen LogP contribution >= 0.6 is 22.7 Å². The minimum absolute atomic E-state index is 0.0782. The van der Waals surface area contributed by atoms with Gasteiger partial charge >= 0.3 is 5.97 Å². The molecule has 28 heavy (non-hydrogen) atoms. The zero-order valence-corrected chi connectivity index (χ0v) is 17.1. The van der Waals surface area contributed by atoms with Gasteiger partial charge in [-0.2, -0.15) is 0 Å². The van der Waals surface area contributed by atoms with Crippen molar-refractivity contribution in [1.82, 2.24) is 9.88 Å². The van der Waals surface area contributed by atoms with E-state index in [1.54, 1.807) is 16.2 Å². The van der Waals surface area contributed by atoms with Gasteiger partial charge in [-0.1, -0.05) is 36.4 Å². The summed E-state index contributed by atoms with van der Waals surface area (Å²) < 4.78 is 5.12. The summed E-state index contributed by atoms with van der Waals surface area (Å²) in [6, 6.07) is 13.7. The molecule has 1 aromatic carbocycles. The lowest BCUT2D eigenvalue weighted by Gasteiger charge is -2.39. The summed E-state index contributed by atoms with van der Waals surface area (Å²) in [5.41, 5.74) is 0.720. The number of methoxy groups -OCH3 is 1. The number of thiophene rings is 1. The van der Waals surface area contributed by atoms with Crippen LogP contribution in [0.15, 0.2) is 53.2 Å². The molecular formula is C21H20N2O3S2. The molecule has 0 saturated carbocycles. The number of hydrogen-bond donors (Lipinski definition) is 0. The lowest BCUT2D eigenvalue weighted by molar-refractivity contribution is -0.149. The highest BCUT2D eigenvalue weighted by Crippen LogP contribution is 2.37. The summed E-state index contributed by atoms with van der Waals surface area (Å²) in [4.78, 5) is 32.9. The van der Waals surface area contributed by atoms with Crippen molar-refractivity contribution in [1.29, 1.82) is 0 Å². The molecule has 2 aromatic heterocycles. The van der Waals surface area contributed by atoms with Crippen LogP contribution < -0.4 is 0 Å². The molecular weight excluding hydrogens is 392 g/mol. The molecule has 1 aliphatic rings. The Kier molecular flexibility index (Phi) is 5.28. The van der Waals surface area contributed by atoms with Crippen LogP contribution in [0.4, 0.5) is 0 Å². The van der Waals surface area contributed by atoms with Gasteiger partial charge in [-0.3, -0.25) is 9.59 Å². The lowest BCUT2D eigenvalue weighted by atomic mass is 9.72. The van der Waals surface area contributed by atoms with Crippen LogP contribution in [0.25, 0.3) is 9.88 Å². The molecule has 1 saturated heterocycles. The molecule has 7 heteroatoms. The molecule has 0 radical (unpaired) electrons. The largest absolute Gasteiger partial charge is 0.468 e. The van der Waals surface area contributed by atoms with Crippen LogP contribution in [0.1, 0.15) is 28.9 Å². The van der Waals surface area contributed by atoms with Crippen molar-refractivity contribution in [2.24, 2.45) is 0 Å². The van der Waals surface area contributed by atoms with Crippen molar-refractivity contribution in [3.8, 4) is 9.88 Å². The van der Waals surface area contributed by atoms with Crippen LogP contribution in [0.5, 0.6) is 0 Å². The maximum absolute atomic E-state index is 12.9. The average Bonchev–Trinajstić information content (AvgIpc) is 3.45. The Labute approximate surface area is 171 Å². The second kappa shape index (κ2) is 7.85. The topological polar surface area (TPSA) is 59.5 Å². The summed E-state index contributed by atoms with van der Waals surface area (Å²) in [6.07, 6.45) is 1.08. The predicted octanol–water partition coefficient (Wildman–Crippen LogP) is 4.22. The van der Waals surface area contributed by atoms with Crippen molar-refractivity contribution in [3.63, 3.8) is 0 Å². The van der Waals surface area contributed by atoms with Gasteiger partial charge in [0.25, 0.3) is 5.91 Å². The van der Waals surface area contributed by atoms with Crippen molar-refractivity contribution < 1.29 is 14.3 Å². The van der Waals surface area contributed by atoms with E-state index in [0.717, 1.165) is 15.4 Å². The van der Waals surface area contributed by atoms with Crippen molar-refractivity contribution in [3.05, 3.63) is 64.5 Å². The molecule has 0 spiro atoms. The van der Waals surface area contributed by atoms with Gasteiger partial charge in [-0.05, 0) is 29.9 Å². The number of benzene rings is 1. The summed E-state index contributed by atoms with van der Waals surface area (Å²) in [5.74, 6) is -0.315. The van der Waals surface area contributed by atoms with Gasteiger partial charge in [0.1, 0.15) is 10.7 Å². The monoisotopic (exact) mass is 412 g/mol. The molecule has 1 fully saturated rings. The first-order valence-electron chi connectivity index (χ1n) is 9.07. The number of aromatic nitrogens is 1. The second-order valence-corrected chi connectivity index (χ2v) is 8.55. The number of amides is 1. The number of esters is 1. The quantitative estimate of drug-likeness (QED) is 0.602. The molecule has 0 N–H and O–H groups in total. The Morgan fingerprint density at radius 1 is 1.07 bits per heavy atom. The third kappa shape index (κ3) is 3.36. The third-order valence-corrected chi connectivity index (χ3v) is 7.14. The number of nitrogens with zero attached hydrogens (tertiary/aromatic N) is 2. The average molecular weight is 413 g/mol. The fraction of sp³-hybridized carbons (Fsp3) is 0.286. The van der Waals surface area contributed by atoms with Gasteiger partial charge in [0.05, 0.1) is 17.4 Å². The molecule has 0 unspecified atom stereocenters. The lowest BCUT2D eigenvalue weighted by Crippen LogP contribution is -2.49. The first-order valence-corrected chi connectivity index (χ1v) is 10.8. The van der Waals surface area contributed by atoms with Crippen LogP contribution in [0.3, 0.4) is 0 Å². The number of ether oxygens (including phenoxy) is 1. The van der Waals surface area contributed by atoms with Crippen LogP contribution in [0, 0.1) is 0 Å². The Bertz CT molecular complexity index is 959. The van der Waals surface area contributed by atoms with Crippen LogP contribution in [-0.4, -0.2) is 42.0 Å². The Hall–Kier alpha value is -2.51. The zero-order valence-electron chi connectivity index (χ0n) is 15.5. The van der Waals surface area contributed by atoms with Gasteiger partial charge < -0.3 is 9.64 Å². The molecule has 144 valence electrons. The minimum Gasteiger partial charge on any atom is -0.468 e. The van der Waals surface area contributed by atoms with E-state index in [9.17, 15) is 9.59 Å². The van der Waals surface area contributed by atoms with E-state index in [0.29, 0.717) is 31.6 Å². The van der Waals surface area contributed by atoms with E-state index >= 15 is 0 Å². The molecule has 1 aliphatic heterocycles. The molecule has 4 rings (SSSR count). The van der Waals surface area contributed by atoms with E-state index in [1.807, 2.05) is 53.2 Å². The molecule has 5 nitrogen and oxygen atoms in total. The summed E-state index contributed by atoms with van der Waals surface area (Å²) >= 11 is 3.09. The van der Waals surface area contributed by atoms with Crippen molar-refractivity contribution in [2.45, 2.75) is 18.3 Å². The number of carbonyl (C=O) groups is 2. The number of piperidine rings is 1. The number of likely N-dealkylation sites (tertiary alicyclic amines) is 1. The molecule has 0 atom stereocenters. The fourth-order valence-corrected chi connectivity index (χ4v) is 5.31. The highest BCUT2D eigenvalue weighted by atomic mass is 32.1. The van der Waals surface area contributed by atoms with E-state index < -0.39 is 5.41 Å². The van der Waals surface area contributed by atoms with Crippen molar-refractivity contribution >= 4 is 34.6 Å². The van der Waals surface area contributed by atoms with E-state index in [2.05, 4.69) is 4.98 Å². The smallest absolute Gasteiger partial charge is 0.316 e. The summed E-state index contributed by atoms with van der Waals surface area (Å²) in [6.45, 7) is 0.989. The molecule has 0 aliphatic carbocycles.